The van der Waals surface area contributed by atoms with E-state index in [2.05, 4.69) is 47.8 Å². The van der Waals surface area contributed by atoms with Gasteiger partial charge < -0.3 is 14.8 Å². The van der Waals surface area contributed by atoms with Gasteiger partial charge in [0.15, 0.2) is 11.5 Å². The maximum atomic E-state index is 5.55. The smallest absolute Gasteiger partial charge is 0.161 e. The second kappa shape index (κ2) is 5.89. The van der Waals surface area contributed by atoms with E-state index in [1.54, 1.807) is 14.2 Å². The van der Waals surface area contributed by atoms with Crippen LogP contribution in [0.2, 0.25) is 0 Å². The number of methoxy groups -OCH3 is 2. The molecule has 4 rings (SSSR count). The number of hydrogen-bond acceptors (Lipinski definition) is 3. The van der Waals surface area contributed by atoms with Gasteiger partial charge in [-0.25, -0.2) is 0 Å². The molecule has 0 saturated carbocycles. The van der Waals surface area contributed by atoms with Gasteiger partial charge in [0.05, 0.1) is 14.2 Å². The lowest BCUT2D eigenvalue weighted by atomic mass is 9.80. The van der Waals surface area contributed by atoms with Crippen LogP contribution in [0.5, 0.6) is 11.5 Å². The summed E-state index contributed by atoms with van der Waals surface area (Å²) in [6.45, 7) is 1.09. The number of piperidine rings is 1. The van der Waals surface area contributed by atoms with E-state index in [1.807, 2.05) is 0 Å². The van der Waals surface area contributed by atoms with E-state index >= 15 is 0 Å². The monoisotopic (exact) mass is 309 g/mol. The zero-order valence-corrected chi connectivity index (χ0v) is 13.7. The lowest BCUT2D eigenvalue weighted by Crippen LogP contribution is -2.32. The molecule has 1 heterocycles. The Balaban J connectivity index is 1.88. The quantitative estimate of drug-likeness (QED) is 0.933. The van der Waals surface area contributed by atoms with E-state index in [9.17, 15) is 0 Å². The molecule has 3 nitrogen and oxygen atoms in total. The molecule has 0 radical (unpaired) electrons. The fourth-order valence-electron chi connectivity index (χ4n) is 4.38. The molecule has 1 aliphatic carbocycles. The Morgan fingerprint density at radius 1 is 0.957 bits per heavy atom. The van der Waals surface area contributed by atoms with Gasteiger partial charge in [0.2, 0.25) is 0 Å². The largest absolute Gasteiger partial charge is 0.493 e. The number of rotatable bonds is 3. The normalized spacial score (nSPS) is 25.6. The summed E-state index contributed by atoms with van der Waals surface area (Å²) in [4.78, 5) is 0. The van der Waals surface area contributed by atoms with Crippen LogP contribution < -0.4 is 14.8 Å². The standard InChI is InChI=1S/C20H23NO2/c1-22-17-11-15-16(12-18(17)23-2)20-14(9-6-10-21-20)19(15)13-7-4-3-5-8-13/h3-5,7-8,11-12,14,19-21H,6,9-10H2,1-2H3/t14-,19+,20-/m0/s1. The molecule has 0 amide bonds. The fraction of sp³-hybridized carbons (Fsp3) is 0.400. The SMILES string of the molecule is COc1cc2c(cc1OC)[C@H]1NCCC[C@H]1[C@H]2c1ccccc1. The van der Waals surface area contributed by atoms with Crippen molar-refractivity contribution >= 4 is 0 Å². The molecular formula is C20H23NO2. The highest BCUT2D eigenvalue weighted by Gasteiger charge is 2.43. The molecule has 2 aliphatic rings. The van der Waals surface area contributed by atoms with Crippen LogP contribution in [0.15, 0.2) is 42.5 Å². The van der Waals surface area contributed by atoms with Gasteiger partial charge >= 0.3 is 0 Å². The Morgan fingerprint density at radius 3 is 2.35 bits per heavy atom. The van der Waals surface area contributed by atoms with Gasteiger partial charge in [-0.3, -0.25) is 0 Å². The van der Waals surface area contributed by atoms with Crippen molar-refractivity contribution in [3.63, 3.8) is 0 Å². The van der Waals surface area contributed by atoms with E-state index in [0.717, 1.165) is 18.0 Å². The number of hydrogen-bond donors (Lipinski definition) is 1. The predicted octanol–water partition coefficient (Wildman–Crippen LogP) is 3.89. The van der Waals surface area contributed by atoms with Crippen LogP contribution in [0.1, 0.15) is 41.5 Å². The van der Waals surface area contributed by atoms with Crippen molar-refractivity contribution in [3.8, 4) is 11.5 Å². The zero-order chi connectivity index (χ0) is 15.8. The lowest BCUT2D eigenvalue weighted by Gasteiger charge is -2.31. The van der Waals surface area contributed by atoms with Gasteiger partial charge in [-0.15, -0.1) is 0 Å². The van der Waals surface area contributed by atoms with Gasteiger partial charge in [-0.05, 0) is 54.1 Å². The third-order valence-electron chi connectivity index (χ3n) is 5.35. The second-order valence-corrected chi connectivity index (χ2v) is 6.46. The highest BCUT2D eigenvalue weighted by atomic mass is 16.5. The van der Waals surface area contributed by atoms with Crippen molar-refractivity contribution in [2.75, 3.05) is 20.8 Å². The van der Waals surface area contributed by atoms with E-state index in [-0.39, 0.29) is 0 Å². The number of ether oxygens (including phenoxy) is 2. The first kappa shape index (κ1) is 14.6. The van der Waals surface area contributed by atoms with Crippen LogP contribution in [-0.2, 0) is 0 Å². The molecule has 3 atom stereocenters. The summed E-state index contributed by atoms with van der Waals surface area (Å²) in [5.41, 5.74) is 4.16. The molecule has 1 saturated heterocycles. The second-order valence-electron chi connectivity index (χ2n) is 6.46. The summed E-state index contributed by atoms with van der Waals surface area (Å²) in [5.74, 6) is 2.69. The molecule has 120 valence electrons. The summed E-state index contributed by atoms with van der Waals surface area (Å²) < 4.78 is 11.1. The van der Waals surface area contributed by atoms with Crippen molar-refractivity contribution < 1.29 is 9.47 Å². The van der Waals surface area contributed by atoms with E-state index in [4.69, 9.17) is 9.47 Å². The molecule has 1 fully saturated rings. The predicted molar refractivity (Wildman–Crippen MR) is 91.3 cm³/mol. The van der Waals surface area contributed by atoms with Crippen LogP contribution in [0.4, 0.5) is 0 Å². The van der Waals surface area contributed by atoms with Crippen molar-refractivity contribution in [2.24, 2.45) is 5.92 Å². The van der Waals surface area contributed by atoms with Crippen molar-refractivity contribution in [1.82, 2.24) is 5.32 Å². The summed E-state index contributed by atoms with van der Waals surface area (Å²) in [5, 5.41) is 3.73. The topological polar surface area (TPSA) is 30.5 Å². The molecule has 2 aromatic carbocycles. The summed E-state index contributed by atoms with van der Waals surface area (Å²) >= 11 is 0. The average Bonchev–Trinajstić information content (AvgIpc) is 2.94. The van der Waals surface area contributed by atoms with Gasteiger partial charge in [0, 0.05) is 12.0 Å². The maximum Gasteiger partial charge on any atom is 0.161 e. The Hall–Kier alpha value is -2.00. The van der Waals surface area contributed by atoms with E-state index < -0.39 is 0 Å². The molecule has 0 unspecified atom stereocenters. The third-order valence-corrected chi connectivity index (χ3v) is 5.35. The Kier molecular flexibility index (Phi) is 3.74. The average molecular weight is 309 g/mol. The first-order valence-electron chi connectivity index (χ1n) is 8.37. The van der Waals surface area contributed by atoms with Crippen molar-refractivity contribution in [2.45, 2.75) is 24.8 Å². The fourth-order valence-corrected chi connectivity index (χ4v) is 4.38. The van der Waals surface area contributed by atoms with Crippen LogP contribution in [-0.4, -0.2) is 20.8 Å². The van der Waals surface area contributed by atoms with E-state index in [0.29, 0.717) is 17.9 Å². The van der Waals surface area contributed by atoms with Gasteiger partial charge in [-0.1, -0.05) is 30.3 Å². The molecule has 1 aliphatic heterocycles. The maximum absolute atomic E-state index is 5.55. The molecule has 1 N–H and O–H groups in total. The minimum Gasteiger partial charge on any atom is -0.493 e. The minimum atomic E-state index is 0.420. The highest BCUT2D eigenvalue weighted by molar-refractivity contribution is 5.55. The number of nitrogens with one attached hydrogen (secondary N) is 1. The van der Waals surface area contributed by atoms with Crippen LogP contribution in [0, 0.1) is 5.92 Å². The van der Waals surface area contributed by atoms with E-state index in [1.165, 1.54) is 29.5 Å². The van der Waals surface area contributed by atoms with Gasteiger partial charge in [0.25, 0.3) is 0 Å². The molecule has 0 bridgehead atoms. The molecule has 2 aromatic rings. The number of fused-ring (bicyclic) bond motifs is 3. The van der Waals surface area contributed by atoms with Crippen LogP contribution in [0.3, 0.4) is 0 Å². The Labute approximate surface area is 137 Å². The molecule has 3 heteroatoms. The first-order valence-corrected chi connectivity index (χ1v) is 8.37. The molecule has 0 spiro atoms. The van der Waals surface area contributed by atoms with Crippen molar-refractivity contribution in [1.29, 1.82) is 0 Å². The van der Waals surface area contributed by atoms with Gasteiger partial charge in [-0.2, -0.15) is 0 Å². The summed E-state index contributed by atoms with van der Waals surface area (Å²) in [7, 11) is 3.42. The first-order chi connectivity index (χ1) is 11.3. The molecular weight excluding hydrogens is 286 g/mol. The number of benzene rings is 2. The summed E-state index contributed by atoms with van der Waals surface area (Å²) in [6.07, 6.45) is 2.50. The Bertz CT molecular complexity index is 698. The minimum absolute atomic E-state index is 0.420. The Morgan fingerprint density at radius 2 is 1.65 bits per heavy atom. The van der Waals surface area contributed by atoms with Crippen molar-refractivity contribution in [3.05, 3.63) is 59.2 Å². The zero-order valence-electron chi connectivity index (χ0n) is 13.7. The molecule has 23 heavy (non-hydrogen) atoms. The van der Waals surface area contributed by atoms with Crippen LogP contribution in [0.25, 0.3) is 0 Å². The van der Waals surface area contributed by atoms with Crippen LogP contribution >= 0.6 is 0 Å². The van der Waals surface area contributed by atoms with Gasteiger partial charge in [0.1, 0.15) is 0 Å². The summed E-state index contributed by atoms with van der Waals surface area (Å²) in [6, 6.07) is 15.6. The molecule has 0 aromatic heterocycles. The highest BCUT2D eigenvalue weighted by Crippen LogP contribution is 2.54. The lowest BCUT2D eigenvalue weighted by molar-refractivity contribution is 0.286. The third kappa shape index (κ3) is 2.31.